The highest BCUT2D eigenvalue weighted by Crippen LogP contribution is 2.53. The SMILES string of the molecule is O=C1C[C@@H]2CC[C@H]1[C@@H]1C(=O)N(c3cc(C(F)(F)F)ccc3Cl)C(=O)[C@H]21. The topological polar surface area (TPSA) is 54.5 Å². The molecule has 8 heteroatoms. The Kier molecular flexibility index (Phi) is 3.51. The predicted molar refractivity (Wildman–Crippen MR) is 81.8 cm³/mol. The molecule has 5 rings (SSSR count). The molecule has 3 aliphatic carbocycles. The number of carbonyl (C=O) groups excluding carboxylic acids is 3. The molecule has 1 heterocycles. The van der Waals surface area contributed by atoms with Gasteiger partial charge in [-0.25, -0.2) is 4.90 Å². The Hall–Kier alpha value is -1.89. The molecule has 1 saturated heterocycles. The molecule has 4 atom stereocenters. The van der Waals surface area contributed by atoms with E-state index in [-0.39, 0.29) is 28.8 Å². The van der Waals surface area contributed by atoms with Gasteiger partial charge in [0.05, 0.1) is 28.1 Å². The highest BCUT2D eigenvalue weighted by atomic mass is 35.5. The standard InChI is InChI=1S/C17H13ClF3NO3/c18-10-4-2-8(17(19,20)21)6-11(10)22-15(24)13-7-1-3-9(12(23)5-7)14(13)16(22)25/h2,4,6-7,9,13-14H,1,3,5H2/t7-,9+,13+,14-/m0/s1. The molecule has 0 spiro atoms. The minimum atomic E-state index is -4.62. The molecule has 0 unspecified atom stereocenters. The van der Waals surface area contributed by atoms with E-state index in [1.807, 2.05) is 0 Å². The van der Waals surface area contributed by atoms with Crippen LogP contribution in [-0.4, -0.2) is 17.6 Å². The first-order valence-corrected chi connectivity index (χ1v) is 8.35. The molecule has 2 amide bonds. The van der Waals surface area contributed by atoms with E-state index in [0.29, 0.717) is 12.8 Å². The zero-order chi connectivity index (χ0) is 18.1. The van der Waals surface area contributed by atoms with Crippen molar-refractivity contribution in [1.82, 2.24) is 0 Å². The number of imide groups is 1. The molecule has 4 nitrogen and oxygen atoms in total. The number of nitrogens with zero attached hydrogens (tertiary/aromatic N) is 1. The summed E-state index contributed by atoms with van der Waals surface area (Å²) in [5.74, 6) is -3.31. The van der Waals surface area contributed by atoms with Gasteiger partial charge in [0.15, 0.2) is 0 Å². The predicted octanol–water partition coefficient (Wildman–Crippen LogP) is 3.46. The van der Waals surface area contributed by atoms with Gasteiger partial charge in [0.25, 0.3) is 0 Å². The summed E-state index contributed by atoms with van der Waals surface area (Å²) in [4.78, 5) is 38.5. The molecule has 3 saturated carbocycles. The van der Waals surface area contributed by atoms with E-state index < -0.39 is 41.3 Å². The van der Waals surface area contributed by atoms with Crippen molar-refractivity contribution in [2.24, 2.45) is 23.7 Å². The lowest BCUT2D eigenvalue weighted by Crippen LogP contribution is -2.46. The summed E-state index contributed by atoms with van der Waals surface area (Å²) in [7, 11) is 0. The second-order valence-corrected chi connectivity index (χ2v) is 7.25. The number of carbonyl (C=O) groups is 3. The Morgan fingerprint density at radius 1 is 1.04 bits per heavy atom. The van der Waals surface area contributed by atoms with Crippen molar-refractivity contribution in [2.45, 2.75) is 25.4 Å². The van der Waals surface area contributed by atoms with Crippen LogP contribution in [0.15, 0.2) is 18.2 Å². The van der Waals surface area contributed by atoms with Crippen LogP contribution in [0.4, 0.5) is 18.9 Å². The van der Waals surface area contributed by atoms with Crippen LogP contribution in [0.5, 0.6) is 0 Å². The summed E-state index contributed by atoms with van der Waals surface area (Å²) in [6, 6.07) is 2.55. The van der Waals surface area contributed by atoms with E-state index in [9.17, 15) is 27.6 Å². The van der Waals surface area contributed by atoms with Crippen molar-refractivity contribution in [3.63, 3.8) is 0 Å². The first-order valence-electron chi connectivity index (χ1n) is 7.97. The molecule has 0 radical (unpaired) electrons. The first-order chi connectivity index (χ1) is 11.7. The fraction of sp³-hybridized carbons (Fsp3) is 0.471. The smallest absolute Gasteiger partial charge is 0.299 e. The fourth-order valence-electron chi connectivity index (χ4n) is 4.48. The molecule has 25 heavy (non-hydrogen) atoms. The minimum Gasteiger partial charge on any atom is -0.299 e. The van der Waals surface area contributed by atoms with Crippen molar-refractivity contribution >= 4 is 34.9 Å². The first kappa shape index (κ1) is 16.6. The van der Waals surface area contributed by atoms with Crippen LogP contribution in [0.2, 0.25) is 5.02 Å². The van der Waals surface area contributed by atoms with E-state index in [0.717, 1.165) is 23.1 Å². The molecule has 4 aliphatic rings. The minimum absolute atomic E-state index is 0.0318. The van der Waals surface area contributed by atoms with Crippen molar-refractivity contribution in [3.05, 3.63) is 28.8 Å². The quantitative estimate of drug-likeness (QED) is 0.710. The number of hydrogen-bond acceptors (Lipinski definition) is 3. The maximum atomic E-state index is 13.0. The fourth-order valence-corrected chi connectivity index (χ4v) is 4.68. The van der Waals surface area contributed by atoms with Crippen molar-refractivity contribution in [3.8, 4) is 0 Å². The largest absolute Gasteiger partial charge is 0.416 e. The summed E-state index contributed by atoms with van der Waals surface area (Å²) < 4.78 is 39.0. The average Bonchev–Trinajstić information content (AvgIpc) is 2.81. The van der Waals surface area contributed by atoms with Gasteiger partial charge in [-0.3, -0.25) is 14.4 Å². The summed E-state index contributed by atoms with van der Waals surface area (Å²) in [6.07, 6.45) is -3.13. The Morgan fingerprint density at radius 2 is 1.72 bits per heavy atom. The van der Waals surface area contributed by atoms with E-state index >= 15 is 0 Å². The number of benzene rings is 1. The molecular formula is C17H13ClF3NO3. The lowest BCUT2D eigenvalue weighted by molar-refractivity contribution is -0.143. The number of amides is 2. The summed E-state index contributed by atoms with van der Waals surface area (Å²) in [5.41, 5.74) is -1.24. The van der Waals surface area contributed by atoms with Crippen molar-refractivity contribution < 1.29 is 27.6 Å². The van der Waals surface area contributed by atoms with E-state index in [1.54, 1.807) is 0 Å². The average molecular weight is 372 g/mol. The van der Waals surface area contributed by atoms with Crippen LogP contribution in [0.3, 0.4) is 0 Å². The molecule has 1 aromatic rings. The lowest BCUT2D eigenvalue weighted by atomic mass is 9.59. The normalized spacial score (nSPS) is 31.7. The third-order valence-electron chi connectivity index (χ3n) is 5.58. The number of rotatable bonds is 1. The Morgan fingerprint density at radius 3 is 2.36 bits per heavy atom. The highest BCUT2D eigenvalue weighted by molar-refractivity contribution is 6.36. The second kappa shape index (κ2) is 5.30. The van der Waals surface area contributed by atoms with E-state index in [1.165, 1.54) is 0 Å². The van der Waals surface area contributed by atoms with Crippen LogP contribution in [0, 0.1) is 23.7 Å². The summed E-state index contributed by atoms with van der Waals surface area (Å²) >= 11 is 5.99. The van der Waals surface area contributed by atoms with Gasteiger partial charge in [0, 0.05) is 12.3 Å². The van der Waals surface area contributed by atoms with Crippen LogP contribution in [0.1, 0.15) is 24.8 Å². The monoisotopic (exact) mass is 371 g/mol. The number of halogens is 4. The van der Waals surface area contributed by atoms with Crippen LogP contribution < -0.4 is 4.90 Å². The maximum absolute atomic E-state index is 13.0. The van der Waals surface area contributed by atoms with Gasteiger partial charge in [0.2, 0.25) is 11.8 Å². The number of alkyl halides is 3. The van der Waals surface area contributed by atoms with Gasteiger partial charge < -0.3 is 0 Å². The Bertz CT molecular complexity index is 807. The molecule has 132 valence electrons. The van der Waals surface area contributed by atoms with Crippen molar-refractivity contribution in [2.75, 3.05) is 4.90 Å². The molecular weight excluding hydrogens is 359 g/mol. The summed E-state index contributed by atoms with van der Waals surface area (Å²) in [5, 5.41) is -0.105. The molecule has 2 bridgehead atoms. The number of Topliss-reactive ketones (excluding diaryl/α,β-unsaturated/α-hetero) is 1. The maximum Gasteiger partial charge on any atom is 0.416 e. The zero-order valence-corrected chi connectivity index (χ0v) is 13.6. The van der Waals surface area contributed by atoms with Crippen LogP contribution >= 0.6 is 11.6 Å². The Labute approximate surface area is 145 Å². The number of anilines is 1. The lowest BCUT2D eigenvalue weighted by Gasteiger charge is -2.41. The molecule has 1 aromatic carbocycles. The second-order valence-electron chi connectivity index (χ2n) is 6.84. The molecule has 0 aromatic heterocycles. The third-order valence-corrected chi connectivity index (χ3v) is 5.90. The van der Waals surface area contributed by atoms with Crippen molar-refractivity contribution in [1.29, 1.82) is 0 Å². The van der Waals surface area contributed by atoms with E-state index in [2.05, 4.69) is 0 Å². The number of fused-ring (bicyclic) bond motifs is 2. The summed E-state index contributed by atoms with van der Waals surface area (Å²) in [6.45, 7) is 0. The molecule has 0 N–H and O–H groups in total. The molecule has 4 fully saturated rings. The van der Waals surface area contributed by atoms with Gasteiger partial charge in [0.1, 0.15) is 5.78 Å². The third kappa shape index (κ3) is 2.32. The van der Waals surface area contributed by atoms with Gasteiger partial charge in [-0.05, 0) is 37.0 Å². The van der Waals surface area contributed by atoms with Gasteiger partial charge >= 0.3 is 6.18 Å². The molecule has 1 aliphatic heterocycles. The van der Waals surface area contributed by atoms with Gasteiger partial charge in [-0.2, -0.15) is 13.2 Å². The zero-order valence-electron chi connectivity index (χ0n) is 12.8. The highest BCUT2D eigenvalue weighted by Gasteiger charge is 2.61. The van der Waals surface area contributed by atoms with Gasteiger partial charge in [-0.15, -0.1) is 0 Å². The Balaban J connectivity index is 1.79. The number of hydrogen-bond donors (Lipinski definition) is 0. The van der Waals surface area contributed by atoms with E-state index in [4.69, 9.17) is 11.6 Å². The van der Waals surface area contributed by atoms with Crippen LogP contribution in [0.25, 0.3) is 0 Å². The van der Waals surface area contributed by atoms with Crippen LogP contribution in [-0.2, 0) is 20.6 Å². The number of ketones is 1. The van der Waals surface area contributed by atoms with Gasteiger partial charge in [-0.1, -0.05) is 11.6 Å².